The smallest absolute Gasteiger partial charge is 0.333 e. The maximum absolute atomic E-state index is 13.0. The Morgan fingerprint density at radius 2 is 1.61 bits per heavy atom. The van der Waals surface area contributed by atoms with Crippen molar-refractivity contribution in [2.75, 3.05) is 25.7 Å². The number of hydrogen-bond acceptors (Lipinski definition) is 6. The van der Waals surface area contributed by atoms with Gasteiger partial charge in [0.25, 0.3) is 0 Å². The fourth-order valence-corrected chi connectivity index (χ4v) is 2.74. The number of carbonyl (C=O) groups is 3. The summed E-state index contributed by atoms with van der Waals surface area (Å²) in [6.45, 7) is 1.82. The number of rotatable bonds is 8. The molecule has 7 nitrogen and oxygen atoms in total. The van der Waals surface area contributed by atoms with Gasteiger partial charge >= 0.3 is 11.9 Å². The molecule has 148 valence electrons. The molecule has 0 saturated carbocycles. The number of anilines is 1. The number of carbonyl (C=O) groups excluding carboxylic acids is 3. The largest absolute Gasteiger partial charge is 0.497 e. The SMILES string of the molecule is CCOC(=O)CC(=O)N(c1ccc(OC)cc1)[C@H](C(=O)OC)c1ccccc1. The quantitative estimate of drug-likeness (QED) is 0.513. The normalized spacial score (nSPS) is 11.2. The molecular weight excluding hydrogens is 362 g/mol. The van der Waals surface area contributed by atoms with Gasteiger partial charge in [0, 0.05) is 5.69 Å². The first-order valence-electron chi connectivity index (χ1n) is 8.76. The Hall–Kier alpha value is -3.35. The number of amides is 1. The van der Waals surface area contributed by atoms with Gasteiger partial charge in [-0.1, -0.05) is 30.3 Å². The molecule has 2 rings (SSSR count). The molecule has 0 unspecified atom stereocenters. The van der Waals surface area contributed by atoms with Crippen LogP contribution in [0.4, 0.5) is 5.69 Å². The van der Waals surface area contributed by atoms with Crippen LogP contribution in [0.1, 0.15) is 24.9 Å². The lowest BCUT2D eigenvalue weighted by Gasteiger charge is -2.30. The molecule has 0 bridgehead atoms. The molecule has 0 N–H and O–H groups in total. The minimum atomic E-state index is -1.05. The highest BCUT2D eigenvalue weighted by Crippen LogP contribution is 2.30. The van der Waals surface area contributed by atoms with Crippen LogP contribution in [0.3, 0.4) is 0 Å². The lowest BCUT2D eigenvalue weighted by molar-refractivity contribution is -0.148. The van der Waals surface area contributed by atoms with E-state index in [4.69, 9.17) is 14.2 Å². The first-order chi connectivity index (χ1) is 13.5. The van der Waals surface area contributed by atoms with E-state index in [1.165, 1.54) is 19.1 Å². The Kier molecular flexibility index (Phi) is 7.56. The summed E-state index contributed by atoms with van der Waals surface area (Å²) < 4.78 is 15.0. The van der Waals surface area contributed by atoms with Crippen molar-refractivity contribution in [1.82, 2.24) is 0 Å². The van der Waals surface area contributed by atoms with Crippen molar-refractivity contribution in [2.45, 2.75) is 19.4 Å². The summed E-state index contributed by atoms with van der Waals surface area (Å²) in [6, 6.07) is 14.3. The van der Waals surface area contributed by atoms with E-state index in [9.17, 15) is 14.4 Å². The Morgan fingerprint density at radius 3 is 2.14 bits per heavy atom. The zero-order valence-electron chi connectivity index (χ0n) is 16.1. The van der Waals surface area contributed by atoms with Crippen LogP contribution in [-0.2, 0) is 23.9 Å². The van der Waals surface area contributed by atoms with Gasteiger partial charge in [-0.3, -0.25) is 14.5 Å². The monoisotopic (exact) mass is 385 g/mol. The van der Waals surface area contributed by atoms with Crippen molar-refractivity contribution in [3.05, 3.63) is 60.2 Å². The number of esters is 2. The van der Waals surface area contributed by atoms with E-state index in [1.54, 1.807) is 61.5 Å². The number of nitrogens with zero attached hydrogens (tertiary/aromatic N) is 1. The summed E-state index contributed by atoms with van der Waals surface area (Å²) in [5.74, 6) is -1.28. The summed E-state index contributed by atoms with van der Waals surface area (Å²) in [6.07, 6.45) is -0.500. The Balaban J connectivity index is 2.51. The minimum absolute atomic E-state index is 0.160. The predicted octanol–water partition coefficient (Wildman–Crippen LogP) is 2.90. The molecule has 0 heterocycles. The molecule has 0 aromatic heterocycles. The van der Waals surface area contributed by atoms with Crippen LogP contribution in [0.2, 0.25) is 0 Å². The maximum atomic E-state index is 13.0. The summed E-state index contributed by atoms with van der Waals surface area (Å²) in [5.41, 5.74) is 0.983. The molecule has 0 aliphatic carbocycles. The Morgan fingerprint density at radius 1 is 0.964 bits per heavy atom. The third-order valence-electron chi connectivity index (χ3n) is 4.02. The highest BCUT2D eigenvalue weighted by Gasteiger charge is 2.34. The van der Waals surface area contributed by atoms with Gasteiger partial charge in [-0.25, -0.2) is 4.79 Å². The Labute approximate surface area is 163 Å². The zero-order chi connectivity index (χ0) is 20.5. The number of hydrogen-bond donors (Lipinski definition) is 0. The first-order valence-corrected chi connectivity index (χ1v) is 8.76. The lowest BCUT2D eigenvalue weighted by Crippen LogP contribution is -2.40. The molecule has 1 amide bonds. The van der Waals surface area contributed by atoms with Crippen molar-refractivity contribution in [1.29, 1.82) is 0 Å². The molecule has 0 saturated heterocycles. The molecule has 0 radical (unpaired) electrons. The average molecular weight is 385 g/mol. The van der Waals surface area contributed by atoms with Gasteiger partial charge < -0.3 is 14.2 Å². The predicted molar refractivity (Wildman–Crippen MR) is 103 cm³/mol. The molecule has 0 fully saturated rings. The highest BCUT2D eigenvalue weighted by atomic mass is 16.5. The van der Waals surface area contributed by atoms with Crippen LogP contribution in [0.5, 0.6) is 5.75 Å². The van der Waals surface area contributed by atoms with Crippen LogP contribution in [0.25, 0.3) is 0 Å². The van der Waals surface area contributed by atoms with Gasteiger partial charge in [-0.2, -0.15) is 0 Å². The molecule has 7 heteroatoms. The van der Waals surface area contributed by atoms with Crippen molar-refractivity contribution >= 4 is 23.5 Å². The summed E-state index contributed by atoms with van der Waals surface area (Å²) in [7, 11) is 2.78. The topological polar surface area (TPSA) is 82.1 Å². The van der Waals surface area contributed by atoms with Crippen molar-refractivity contribution < 1.29 is 28.6 Å². The fraction of sp³-hybridized carbons (Fsp3) is 0.286. The molecular formula is C21H23NO6. The third-order valence-corrected chi connectivity index (χ3v) is 4.02. The van der Waals surface area contributed by atoms with Gasteiger partial charge in [-0.15, -0.1) is 0 Å². The average Bonchev–Trinajstić information content (AvgIpc) is 2.72. The van der Waals surface area contributed by atoms with E-state index < -0.39 is 30.3 Å². The van der Waals surface area contributed by atoms with Gasteiger partial charge in [0.15, 0.2) is 6.04 Å². The van der Waals surface area contributed by atoms with E-state index in [0.717, 1.165) is 0 Å². The van der Waals surface area contributed by atoms with Crippen LogP contribution < -0.4 is 9.64 Å². The standard InChI is InChI=1S/C21H23NO6/c1-4-28-19(24)14-18(23)22(16-10-12-17(26-2)13-11-16)20(21(25)27-3)15-8-6-5-7-9-15/h5-13,20H,4,14H2,1-3H3/t20-/m0/s1. The lowest BCUT2D eigenvalue weighted by atomic mass is 10.0. The number of methoxy groups -OCH3 is 2. The van der Waals surface area contributed by atoms with Crippen LogP contribution >= 0.6 is 0 Å². The zero-order valence-corrected chi connectivity index (χ0v) is 16.1. The Bertz CT molecular complexity index is 803. The molecule has 0 aliphatic rings. The number of benzene rings is 2. The molecule has 28 heavy (non-hydrogen) atoms. The third kappa shape index (κ3) is 5.09. The second-order valence-corrected chi connectivity index (χ2v) is 5.78. The van der Waals surface area contributed by atoms with Crippen molar-refractivity contribution in [3.8, 4) is 5.75 Å². The van der Waals surface area contributed by atoms with Gasteiger partial charge in [0.2, 0.25) is 5.91 Å². The summed E-state index contributed by atoms with van der Waals surface area (Å²) >= 11 is 0. The molecule has 0 spiro atoms. The van der Waals surface area contributed by atoms with Crippen LogP contribution in [0.15, 0.2) is 54.6 Å². The van der Waals surface area contributed by atoms with Crippen molar-refractivity contribution in [2.24, 2.45) is 0 Å². The van der Waals surface area contributed by atoms with E-state index >= 15 is 0 Å². The van der Waals surface area contributed by atoms with Crippen LogP contribution in [0, 0.1) is 0 Å². The van der Waals surface area contributed by atoms with Gasteiger partial charge in [-0.05, 0) is 36.8 Å². The van der Waals surface area contributed by atoms with Gasteiger partial charge in [0.1, 0.15) is 12.2 Å². The molecule has 2 aromatic carbocycles. The van der Waals surface area contributed by atoms with Gasteiger partial charge in [0.05, 0.1) is 20.8 Å². The first kappa shape index (κ1) is 21.0. The molecule has 1 atom stereocenters. The van der Waals surface area contributed by atoms with Crippen molar-refractivity contribution in [3.63, 3.8) is 0 Å². The second kappa shape index (κ2) is 10.1. The van der Waals surface area contributed by atoms with E-state index in [0.29, 0.717) is 17.0 Å². The second-order valence-electron chi connectivity index (χ2n) is 5.78. The molecule has 0 aliphatic heterocycles. The summed E-state index contributed by atoms with van der Waals surface area (Å²) in [5, 5.41) is 0. The minimum Gasteiger partial charge on any atom is -0.497 e. The maximum Gasteiger partial charge on any atom is 0.333 e. The van der Waals surface area contributed by atoms with Crippen LogP contribution in [-0.4, -0.2) is 38.7 Å². The summed E-state index contributed by atoms with van der Waals surface area (Å²) in [4.78, 5) is 38.7. The molecule has 2 aromatic rings. The van der Waals surface area contributed by atoms with E-state index in [1.807, 2.05) is 0 Å². The highest BCUT2D eigenvalue weighted by molar-refractivity contribution is 6.06. The fourth-order valence-electron chi connectivity index (χ4n) is 2.74. The van der Waals surface area contributed by atoms with E-state index in [2.05, 4.69) is 0 Å². The van der Waals surface area contributed by atoms with E-state index in [-0.39, 0.29) is 6.61 Å². The number of ether oxygens (including phenoxy) is 3.